The van der Waals surface area contributed by atoms with Gasteiger partial charge in [0.2, 0.25) is 11.9 Å². The molecule has 92 valence electrons. The smallest absolute Gasteiger partial charge is 0.236 e. The molecule has 1 aliphatic carbocycles. The Labute approximate surface area is 100 Å². The fourth-order valence-corrected chi connectivity index (χ4v) is 2.33. The number of amides is 1. The number of nitrogens with one attached hydrogen (secondary N) is 1. The quantitative estimate of drug-likeness (QED) is 0.819. The van der Waals surface area contributed by atoms with E-state index in [1.807, 2.05) is 0 Å². The minimum absolute atomic E-state index is 0.108. The molecule has 1 amide bonds. The number of rotatable bonds is 3. The van der Waals surface area contributed by atoms with Crippen molar-refractivity contribution in [3.63, 3.8) is 0 Å². The van der Waals surface area contributed by atoms with Crippen molar-refractivity contribution in [1.29, 1.82) is 0 Å². The molecule has 0 aromatic carbocycles. The van der Waals surface area contributed by atoms with Crippen molar-refractivity contribution in [2.45, 2.75) is 38.5 Å². The summed E-state index contributed by atoms with van der Waals surface area (Å²) in [6.07, 6.45) is 7.78. The number of carbonyl (C=O) groups is 1. The van der Waals surface area contributed by atoms with E-state index < -0.39 is 5.95 Å². The summed E-state index contributed by atoms with van der Waals surface area (Å²) in [5.74, 6) is -0.267. The standard InChI is InChI=1S/C13H17FN2O/c14-13-11(7-4-8-15-13)16-12(17)9-10-5-2-1-3-6-10/h4,7-8,10H,1-3,5-6,9H2,(H,16,17). The Balaban J connectivity index is 1.86. The van der Waals surface area contributed by atoms with Crippen LogP contribution in [0.15, 0.2) is 18.3 Å². The first kappa shape index (κ1) is 12.0. The van der Waals surface area contributed by atoms with Gasteiger partial charge in [-0.25, -0.2) is 4.98 Å². The SMILES string of the molecule is O=C(CC1CCCCC1)Nc1cccnc1F. The maximum Gasteiger partial charge on any atom is 0.236 e. The minimum atomic E-state index is -0.621. The number of anilines is 1. The molecule has 0 aliphatic heterocycles. The summed E-state index contributed by atoms with van der Waals surface area (Å²) in [4.78, 5) is 15.2. The van der Waals surface area contributed by atoms with Crippen LogP contribution in [0.3, 0.4) is 0 Å². The van der Waals surface area contributed by atoms with Gasteiger partial charge in [-0.15, -0.1) is 0 Å². The second-order valence-corrected chi connectivity index (χ2v) is 4.60. The molecule has 0 radical (unpaired) electrons. The van der Waals surface area contributed by atoms with Crippen LogP contribution < -0.4 is 5.32 Å². The number of pyridine rings is 1. The van der Waals surface area contributed by atoms with E-state index in [1.54, 1.807) is 6.07 Å². The Morgan fingerprint density at radius 3 is 2.88 bits per heavy atom. The molecule has 17 heavy (non-hydrogen) atoms. The van der Waals surface area contributed by atoms with Crippen molar-refractivity contribution in [3.8, 4) is 0 Å². The molecule has 1 heterocycles. The average Bonchev–Trinajstić information content (AvgIpc) is 2.33. The summed E-state index contributed by atoms with van der Waals surface area (Å²) in [7, 11) is 0. The average molecular weight is 236 g/mol. The van der Waals surface area contributed by atoms with Gasteiger partial charge in [0.05, 0.1) is 5.69 Å². The van der Waals surface area contributed by atoms with Crippen molar-refractivity contribution in [1.82, 2.24) is 4.98 Å². The van der Waals surface area contributed by atoms with Crippen LogP contribution in [0.25, 0.3) is 0 Å². The van der Waals surface area contributed by atoms with Crippen LogP contribution in [0.1, 0.15) is 38.5 Å². The van der Waals surface area contributed by atoms with Crippen molar-refractivity contribution in [2.75, 3.05) is 5.32 Å². The highest BCUT2D eigenvalue weighted by molar-refractivity contribution is 5.90. The predicted octanol–water partition coefficient (Wildman–Crippen LogP) is 3.13. The van der Waals surface area contributed by atoms with E-state index in [0.29, 0.717) is 12.3 Å². The monoisotopic (exact) mass is 236 g/mol. The molecule has 0 saturated heterocycles. The molecule has 0 spiro atoms. The van der Waals surface area contributed by atoms with Gasteiger partial charge in [-0.2, -0.15) is 4.39 Å². The summed E-state index contributed by atoms with van der Waals surface area (Å²) >= 11 is 0. The highest BCUT2D eigenvalue weighted by Crippen LogP contribution is 2.26. The van der Waals surface area contributed by atoms with Crippen molar-refractivity contribution in [2.24, 2.45) is 5.92 Å². The van der Waals surface area contributed by atoms with Gasteiger partial charge in [0, 0.05) is 12.6 Å². The summed E-state index contributed by atoms with van der Waals surface area (Å²) in [5, 5.41) is 2.58. The van der Waals surface area contributed by atoms with Crippen LogP contribution in [-0.2, 0) is 4.79 Å². The lowest BCUT2D eigenvalue weighted by molar-refractivity contribution is -0.117. The molecule has 0 atom stereocenters. The third-order valence-electron chi connectivity index (χ3n) is 3.23. The topological polar surface area (TPSA) is 42.0 Å². The van der Waals surface area contributed by atoms with Crippen LogP contribution in [0, 0.1) is 11.9 Å². The summed E-state index contributed by atoms with van der Waals surface area (Å²) in [6.45, 7) is 0. The Hall–Kier alpha value is -1.45. The van der Waals surface area contributed by atoms with Gasteiger partial charge in [0.1, 0.15) is 0 Å². The number of halogens is 1. The maximum absolute atomic E-state index is 13.2. The van der Waals surface area contributed by atoms with E-state index in [4.69, 9.17) is 0 Å². The minimum Gasteiger partial charge on any atom is -0.322 e. The van der Waals surface area contributed by atoms with Gasteiger partial charge in [0.25, 0.3) is 0 Å². The number of aromatic nitrogens is 1. The van der Waals surface area contributed by atoms with Crippen LogP contribution >= 0.6 is 0 Å². The van der Waals surface area contributed by atoms with E-state index in [2.05, 4.69) is 10.3 Å². The lowest BCUT2D eigenvalue weighted by Crippen LogP contribution is -2.19. The Morgan fingerprint density at radius 2 is 2.18 bits per heavy atom. The van der Waals surface area contributed by atoms with E-state index in [-0.39, 0.29) is 11.6 Å². The molecule has 1 saturated carbocycles. The van der Waals surface area contributed by atoms with Crippen LogP contribution in [-0.4, -0.2) is 10.9 Å². The Bertz CT molecular complexity index is 389. The molecule has 1 fully saturated rings. The third-order valence-corrected chi connectivity index (χ3v) is 3.23. The van der Waals surface area contributed by atoms with E-state index in [1.165, 1.54) is 31.5 Å². The molecule has 1 aromatic heterocycles. The van der Waals surface area contributed by atoms with Gasteiger partial charge in [-0.3, -0.25) is 4.79 Å². The second-order valence-electron chi connectivity index (χ2n) is 4.60. The zero-order chi connectivity index (χ0) is 12.1. The summed E-state index contributed by atoms with van der Waals surface area (Å²) < 4.78 is 13.2. The van der Waals surface area contributed by atoms with Gasteiger partial charge < -0.3 is 5.32 Å². The molecule has 1 N–H and O–H groups in total. The number of carbonyl (C=O) groups excluding carboxylic acids is 1. The Morgan fingerprint density at radius 1 is 1.41 bits per heavy atom. The van der Waals surface area contributed by atoms with Gasteiger partial charge in [-0.1, -0.05) is 19.3 Å². The highest BCUT2D eigenvalue weighted by atomic mass is 19.1. The predicted molar refractivity (Wildman–Crippen MR) is 64.0 cm³/mol. The van der Waals surface area contributed by atoms with E-state index in [9.17, 15) is 9.18 Å². The molecule has 3 nitrogen and oxygen atoms in total. The molecule has 4 heteroatoms. The first-order valence-corrected chi connectivity index (χ1v) is 6.16. The van der Waals surface area contributed by atoms with Crippen LogP contribution in [0.4, 0.5) is 10.1 Å². The number of nitrogens with zero attached hydrogens (tertiary/aromatic N) is 1. The van der Waals surface area contributed by atoms with Gasteiger partial charge >= 0.3 is 0 Å². The third kappa shape index (κ3) is 3.51. The van der Waals surface area contributed by atoms with Crippen molar-refractivity contribution < 1.29 is 9.18 Å². The second kappa shape index (κ2) is 5.75. The molecule has 2 rings (SSSR count). The molecule has 1 aromatic rings. The largest absolute Gasteiger partial charge is 0.322 e. The normalized spacial score (nSPS) is 16.8. The maximum atomic E-state index is 13.2. The van der Waals surface area contributed by atoms with Crippen LogP contribution in [0.5, 0.6) is 0 Å². The fraction of sp³-hybridized carbons (Fsp3) is 0.538. The molecular formula is C13H17FN2O. The first-order valence-electron chi connectivity index (χ1n) is 6.16. The van der Waals surface area contributed by atoms with Gasteiger partial charge in [0.15, 0.2) is 0 Å². The first-order chi connectivity index (χ1) is 8.25. The zero-order valence-electron chi connectivity index (χ0n) is 9.79. The van der Waals surface area contributed by atoms with Crippen LogP contribution in [0.2, 0.25) is 0 Å². The van der Waals surface area contributed by atoms with Crippen molar-refractivity contribution >= 4 is 11.6 Å². The number of hydrogen-bond acceptors (Lipinski definition) is 2. The lowest BCUT2D eigenvalue weighted by Gasteiger charge is -2.20. The van der Waals surface area contributed by atoms with E-state index in [0.717, 1.165) is 12.8 Å². The molecule has 1 aliphatic rings. The molecule has 0 unspecified atom stereocenters. The molecule has 0 bridgehead atoms. The van der Waals surface area contributed by atoms with Crippen molar-refractivity contribution in [3.05, 3.63) is 24.3 Å². The lowest BCUT2D eigenvalue weighted by atomic mass is 9.87. The summed E-state index contributed by atoms with van der Waals surface area (Å²) in [6, 6.07) is 3.14. The number of hydrogen-bond donors (Lipinski definition) is 1. The highest BCUT2D eigenvalue weighted by Gasteiger charge is 2.17. The van der Waals surface area contributed by atoms with Gasteiger partial charge in [-0.05, 0) is 30.9 Å². The molecular weight excluding hydrogens is 219 g/mol. The fourth-order valence-electron chi connectivity index (χ4n) is 2.33. The summed E-state index contributed by atoms with van der Waals surface area (Å²) in [5.41, 5.74) is 0.174. The zero-order valence-corrected chi connectivity index (χ0v) is 9.79. The Kier molecular flexibility index (Phi) is 4.07. The van der Waals surface area contributed by atoms with E-state index >= 15 is 0 Å².